The van der Waals surface area contributed by atoms with E-state index in [1.807, 2.05) is 6.07 Å². The molecule has 3 rings (SSSR count). The standard InChI is InChI=1S/C22H21N3O4S2/c1-24(15-18-6-3-5-17(13-18)14-23)21(26)16-29-20-10-8-19(9-11-20)25(2)31(27,28)22-7-4-12-30-22/h3-13H,15-16H2,1-2H3. The normalized spacial score (nSPS) is 10.9. The fourth-order valence-corrected chi connectivity index (χ4v) is 5.15. The maximum absolute atomic E-state index is 12.6. The Labute approximate surface area is 185 Å². The van der Waals surface area contributed by atoms with Crippen LogP contribution in [0.4, 0.5) is 5.69 Å². The Morgan fingerprint density at radius 2 is 1.84 bits per heavy atom. The summed E-state index contributed by atoms with van der Waals surface area (Å²) < 4.78 is 32.2. The second-order valence-electron chi connectivity index (χ2n) is 6.75. The van der Waals surface area contributed by atoms with E-state index < -0.39 is 10.0 Å². The Kier molecular flexibility index (Phi) is 6.95. The van der Waals surface area contributed by atoms with E-state index in [-0.39, 0.29) is 16.7 Å². The molecule has 0 radical (unpaired) electrons. The summed E-state index contributed by atoms with van der Waals surface area (Å²) in [4.78, 5) is 13.9. The van der Waals surface area contributed by atoms with Crippen molar-refractivity contribution in [2.75, 3.05) is 25.0 Å². The molecular formula is C22H21N3O4S2. The van der Waals surface area contributed by atoms with Gasteiger partial charge >= 0.3 is 0 Å². The van der Waals surface area contributed by atoms with Gasteiger partial charge in [0.05, 0.1) is 17.3 Å². The number of nitrogens with zero attached hydrogens (tertiary/aromatic N) is 3. The quantitative estimate of drug-likeness (QED) is 0.519. The van der Waals surface area contributed by atoms with Gasteiger partial charge < -0.3 is 9.64 Å². The molecule has 0 aliphatic heterocycles. The van der Waals surface area contributed by atoms with Gasteiger partial charge in [-0.1, -0.05) is 18.2 Å². The van der Waals surface area contributed by atoms with E-state index in [0.717, 1.165) is 16.9 Å². The summed E-state index contributed by atoms with van der Waals surface area (Å²) in [5.74, 6) is 0.239. The number of nitriles is 1. The number of benzene rings is 2. The van der Waals surface area contributed by atoms with Crippen molar-refractivity contribution in [2.45, 2.75) is 10.8 Å². The van der Waals surface area contributed by atoms with Gasteiger partial charge in [0, 0.05) is 20.6 Å². The highest BCUT2D eigenvalue weighted by atomic mass is 32.2. The molecule has 0 aliphatic rings. The molecule has 2 aromatic carbocycles. The topological polar surface area (TPSA) is 90.7 Å². The SMILES string of the molecule is CN(Cc1cccc(C#N)c1)C(=O)COc1ccc(N(C)S(=O)(=O)c2cccs2)cc1. The van der Waals surface area contributed by atoms with Gasteiger partial charge in [-0.25, -0.2) is 8.42 Å². The van der Waals surface area contributed by atoms with Crippen LogP contribution in [0, 0.1) is 11.3 Å². The molecule has 7 nitrogen and oxygen atoms in total. The molecule has 1 aromatic heterocycles. The van der Waals surface area contributed by atoms with Crippen LogP contribution in [0.15, 0.2) is 70.3 Å². The van der Waals surface area contributed by atoms with E-state index in [0.29, 0.717) is 23.5 Å². The lowest BCUT2D eigenvalue weighted by Gasteiger charge is -2.19. The van der Waals surface area contributed by atoms with Crippen LogP contribution in [-0.2, 0) is 21.4 Å². The Bertz CT molecular complexity index is 1180. The molecule has 0 bridgehead atoms. The largest absolute Gasteiger partial charge is 0.484 e. The maximum atomic E-state index is 12.6. The van der Waals surface area contributed by atoms with Crippen LogP contribution in [-0.4, -0.2) is 39.9 Å². The lowest BCUT2D eigenvalue weighted by Crippen LogP contribution is -2.31. The average molecular weight is 456 g/mol. The Morgan fingerprint density at radius 1 is 1.10 bits per heavy atom. The van der Waals surface area contributed by atoms with Gasteiger partial charge in [-0.2, -0.15) is 5.26 Å². The van der Waals surface area contributed by atoms with E-state index in [1.54, 1.807) is 67.0 Å². The van der Waals surface area contributed by atoms with Crippen molar-refractivity contribution in [3.05, 3.63) is 77.2 Å². The molecule has 1 heterocycles. The monoisotopic (exact) mass is 455 g/mol. The Hall–Kier alpha value is -3.35. The zero-order valence-electron chi connectivity index (χ0n) is 17.1. The van der Waals surface area contributed by atoms with Gasteiger partial charge in [0.1, 0.15) is 9.96 Å². The fraction of sp³-hybridized carbons (Fsp3) is 0.182. The molecule has 0 saturated carbocycles. The van der Waals surface area contributed by atoms with Crippen molar-refractivity contribution in [2.24, 2.45) is 0 Å². The highest BCUT2D eigenvalue weighted by Gasteiger charge is 2.22. The summed E-state index contributed by atoms with van der Waals surface area (Å²) in [5.41, 5.74) is 1.89. The number of anilines is 1. The molecule has 0 atom stereocenters. The average Bonchev–Trinajstić information content (AvgIpc) is 3.33. The van der Waals surface area contributed by atoms with E-state index in [9.17, 15) is 13.2 Å². The van der Waals surface area contributed by atoms with Crippen LogP contribution < -0.4 is 9.04 Å². The van der Waals surface area contributed by atoms with Crippen molar-refractivity contribution < 1.29 is 17.9 Å². The number of hydrogen-bond acceptors (Lipinski definition) is 6. The van der Waals surface area contributed by atoms with Crippen LogP contribution in [0.2, 0.25) is 0 Å². The minimum absolute atomic E-state index is 0.156. The zero-order chi connectivity index (χ0) is 22.4. The molecule has 0 spiro atoms. The molecule has 0 saturated heterocycles. The van der Waals surface area contributed by atoms with Crippen molar-refractivity contribution in [3.63, 3.8) is 0 Å². The van der Waals surface area contributed by atoms with Crippen LogP contribution >= 0.6 is 11.3 Å². The van der Waals surface area contributed by atoms with Crippen molar-refractivity contribution >= 4 is 33.0 Å². The zero-order valence-corrected chi connectivity index (χ0v) is 18.7. The molecule has 0 aliphatic carbocycles. The van der Waals surface area contributed by atoms with Crippen LogP contribution in [0.25, 0.3) is 0 Å². The van der Waals surface area contributed by atoms with Gasteiger partial charge in [-0.15, -0.1) is 11.3 Å². The fourth-order valence-electron chi connectivity index (χ4n) is 2.79. The first kappa shape index (κ1) is 22.3. The van der Waals surface area contributed by atoms with E-state index in [1.165, 1.54) is 16.3 Å². The smallest absolute Gasteiger partial charge is 0.273 e. The summed E-state index contributed by atoms with van der Waals surface area (Å²) in [6.07, 6.45) is 0. The molecule has 3 aromatic rings. The molecule has 1 amide bonds. The predicted molar refractivity (Wildman–Crippen MR) is 119 cm³/mol. The summed E-state index contributed by atoms with van der Waals surface area (Å²) in [7, 11) is -0.448. The molecule has 160 valence electrons. The van der Waals surface area contributed by atoms with Gasteiger partial charge in [0.25, 0.3) is 15.9 Å². The Morgan fingerprint density at radius 3 is 2.48 bits per heavy atom. The number of ether oxygens (including phenoxy) is 1. The van der Waals surface area contributed by atoms with Crippen LogP contribution in [0.3, 0.4) is 0 Å². The number of hydrogen-bond donors (Lipinski definition) is 0. The van der Waals surface area contributed by atoms with E-state index >= 15 is 0 Å². The highest BCUT2D eigenvalue weighted by molar-refractivity contribution is 7.94. The number of carbonyl (C=O) groups is 1. The number of carbonyl (C=O) groups excluding carboxylic acids is 1. The number of amides is 1. The molecule has 0 unspecified atom stereocenters. The second kappa shape index (κ2) is 9.64. The molecular weight excluding hydrogens is 434 g/mol. The Balaban J connectivity index is 1.57. The summed E-state index contributed by atoms with van der Waals surface area (Å²) in [6.45, 7) is 0.207. The second-order valence-corrected chi connectivity index (χ2v) is 9.89. The third kappa shape index (κ3) is 5.42. The first-order valence-electron chi connectivity index (χ1n) is 9.29. The van der Waals surface area contributed by atoms with Crippen molar-refractivity contribution in [3.8, 4) is 11.8 Å². The van der Waals surface area contributed by atoms with Gasteiger partial charge in [-0.3, -0.25) is 9.10 Å². The van der Waals surface area contributed by atoms with E-state index in [2.05, 4.69) is 6.07 Å². The summed E-state index contributed by atoms with van der Waals surface area (Å²) in [6, 6.07) is 18.9. The van der Waals surface area contributed by atoms with Crippen molar-refractivity contribution in [1.29, 1.82) is 5.26 Å². The first-order chi connectivity index (χ1) is 14.8. The van der Waals surface area contributed by atoms with Gasteiger partial charge in [0.2, 0.25) is 0 Å². The van der Waals surface area contributed by atoms with Gasteiger partial charge in [0.15, 0.2) is 6.61 Å². The number of thiophene rings is 1. The molecule has 0 N–H and O–H groups in total. The van der Waals surface area contributed by atoms with Crippen LogP contribution in [0.1, 0.15) is 11.1 Å². The third-order valence-electron chi connectivity index (χ3n) is 4.57. The minimum Gasteiger partial charge on any atom is -0.484 e. The predicted octanol–water partition coefficient (Wildman–Crippen LogP) is 3.48. The van der Waals surface area contributed by atoms with Gasteiger partial charge in [-0.05, 0) is 53.4 Å². The summed E-state index contributed by atoms with van der Waals surface area (Å²) >= 11 is 1.16. The van der Waals surface area contributed by atoms with E-state index in [4.69, 9.17) is 10.00 Å². The number of sulfonamides is 1. The summed E-state index contributed by atoms with van der Waals surface area (Å²) in [5, 5.41) is 10.7. The highest BCUT2D eigenvalue weighted by Crippen LogP contribution is 2.26. The number of rotatable bonds is 8. The molecule has 31 heavy (non-hydrogen) atoms. The number of likely N-dealkylation sites (N-methyl/N-ethyl adjacent to an activating group) is 1. The molecule has 0 fully saturated rings. The van der Waals surface area contributed by atoms with Crippen molar-refractivity contribution in [1.82, 2.24) is 4.90 Å². The maximum Gasteiger partial charge on any atom is 0.273 e. The first-order valence-corrected chi connectivity index (χ1v) is 11.6. The lowest BCUT2D eigenvalue weighted by atomic mass is 10.1. The molecule has 9 heteroatoms. The minimum atomic E-state index is -3.60. The van der Waals surface area contributed by atoms with Crippen LogP contribution in [0.5, 0.6) is 5.75 Å². The third-order valence-corrected chi connectivity index (χ3v) is 7.73. The lowest BCUT2D eigenvalue weighted by molar-refractivity contribution is -0.132.